The third kappa shape index (κ3) is 2.28. The van der Waals surface area contributed by atoms with E-state index in [0.717, 1.165) is 5.56 Å². The molecule has 2 rings (SSSR count). The topological polar surface area (TPSA) is 70.0 Å². The maximum absolute atomic E-state index is 11.7. The lowest BCUT2D eigenvalue weighted by molar-refractivity contribution is 0.695. The summed E-state index contributed by atoms with van der Waals surface area (Å²) in [5.41, 5.74) is 6.12. The molecule has 0 unspecified atom stereocenters. The van der Waals surface area contributed by atoms with Crippen molar-refractivity contribution in [1.29, 1.82) is 0 Å². The van der Waals surface area contributed by atoms with Gasteiger partial charge in [0.1, 0.15) is 0 Å². The highest BCUT2D eigenvalue weighted by molar-refractivity contribution is 5.39. The molecule has 0 bridgehead atoms. The zero-order valence-electron chi connectivity index (χ0n) is 9.46. The van der Waals surface area contributed by atoms with Gasteiger partial charge in [0.15, 0.2) is 0 Å². The fourth-order valence-corrected chi connectivity index (χ4v) is 1.53. The second kappa shape index (κ2) is 4.29. The largest absolute Gasteiger partial charge is 0.399 e. The summed E-state index contributed by atoms with van der Waals surface area (Å²) in [5.74, 6) is 0. The summed E-state index contributed by atoms with van der Waals surface area (Å²) >= 11 is 0. The molecule has 0 spiro atoms. The summed E-state index contributed by atoms with van der Waals surface area (Å²) in [6, 6.07) is 7.20. The van der Waals surface area contributed by atoms with E-state index in [0.29, 0.717) is 12.2 Å². The van der Waals surface area contributed by atoms with Crippen LogP contribution in [0, 0.1) is 0 Å². The Morgan fingerprint density at radius 3 is 2.35 bits per heavy atom. The van der Waals surface area contributed by atoms with Crippen LogP contribution in [0.25, 0.3) is 0 Å². The first kappa shape index (κ1) is 11.2. The van der Waals surface area contributed by atoms with E-state index < -0.39 is 11.1 Å². The molecule has 5 heteroatoms. The highest BCUT2D eigenvalue weighted by Gasteiger charge is 2.02. The molecule has 1 aromatic heterocycles. The van der Waals surface area contributed by atoms with Crippen LogP contribution in [-0.4, -0.2) is 9.13 Å². The van der Waals surface area contributed by atoms with Gasteiger partial charge in [0.25, 0.3) is 0 Å². The molecule has 0 amide bonds. The van der Waals surface area contributed by atoms with Gasteiger partial charge in [-0.15, -0.1) is 0 Å². The molecule has 1 aromatic carbocycles. The highest BCUT2D eigenvalue weighted by Crippen LogP contribution is 2.05. The number of nitrogens with zero attached hydrogens (tertiary/aromatic N) is 2. The summed E-state index contributed by atoms with van der Waals surface area (Å²) < 4.78 is 2.65. The third-order valence-electron chi connectivity index (χ3n) is 2.57. The SMILES string of the molecule is Cn1ccn(Cc2ccc(N)cc2)c(=O)c1=O. The van der Waals surface area contributed by atoms with Crippen LogP contribution in [0.15, 0.2) is 46.2 Å². The molecule has 0 aliphatic carbocycles. The standard InChI is InChI=1S/C12H13N3O2/c1-14-6-7-15(12(17)11(14)16)8-9-2-4-10(13)5-3-9/h2-7H,8,13H2,1H3. The molecule has 0 atom stereocenters. The number of nitrogens with two attached hydrogens (primary N) is 1. The summed E-state index contributed by atoms with van der Waals surface area (Å²) in [7, 11) is 1.55. The predicted molar refractivity (Wildman–Crippen MR) is 65.9 cm³/mol. The Labute approximate surface area is 97.7 Å². The Kier molecular flexibility index (Phi) is 2.82. The molecule has 0 saturated heterocycles. The third-order valence-corrected chi connectivity index (χ3v) is 2.57. The summed E-state index contributed by atoms with van der Waals surface area (Å²) in [4.78, 5) is 23.1. The summed E-state index contributed by atoms with van der Waals surface area (Å²) in [6.45, 7) is 0.370. The predicted octanol–water partition coefficient (Wildman–Crippen LogP) is 0.177. The van der Waals surface area contributed by atoms with E-state index in [9.17, 15) is 9.59 Å². The first-order chi connectivity index (χ1) is 8.08. The fraction of sp³-hybridized carbons (Fsp3) is 0.167. The van der Waals surface area contributed by atoms with Gasteiger partial charge in [0, 0.05) is 25.1 Å². The number of hydrogen-bond donors (Lipinski definition) is 1. The van der Waals surface area contributed by atoms with Crippen LogP contribution in [0.4, 0.5) is 5.69 Å². The molecule has 2 aromatic rings. The van der Waals surface area contributed by atoms with E-state index in [2.05, 4.69) is 0 Å². The molecule has 17 heavy (non-hydrogen) atoms. The van der Waals surface area contributed by atoms with Crippen LogP contribution < -0.4 is 16.9 Å². The minimum Gasteiger partial charge on any atom is -0.399 e. The molecular weight excluding hydrogens is 218 g/mol. The Morgan fingerprint density at radius 1 is 1.06 bits per heavy atom. The van der Waals surface area contributed by atoms with E-state index in [-0.39, 0.29) is 0 Å². The van der Waals surface area contributed by atoms with Gasteiger partial charge < -0.3 is 14.9 Å². The van der Waals surface area contributed by atoms with E-state index in [1.807, 2.05) is 12.1 Å². The van der Waals surface area contributed by atoms with Gasteiger partial charge in [-0.3, -0.25) is 9.59 Å². The Bertz CT molecular complexity index is 638. The Balaban J connectivity index is 2.37. The Hall–Kier alpha value is -2.30. The van der Waals surface area contributed by atoms with Crippen molar-refractivity contribution in [1.82, 2.24) is 9.13 Å². The van der Waals surface area contributed by atoms with E-state index in [4.69, 9.17) is 5.73 Å². The van der Waals surface area contributed by atoms with Crippen LogP contribution >= 0.6 is 0 Å². The van der Waals surface area contributed by atoms with Crippen LogP contribution in [0.5, 0.6) is 0 Å². The number of rotatable bonds is 2. The molecule has 0 aliphatic rings. The zero-order chi connectivity index (χ0) is 12.4. The minimum absolute atomic E-state index is 0.370. The molecule has 2 N–H and O–H groups in total. The van der Waals surface area contributed by atoms with Gasteiger partial charge in [-0.25, -0.2) is 0 Å². The van der Waals surface area contributed by atoms with Gasteiger partial charge >= 0.3 is 11.1 Å². The van der Waals surface area contributed by atoms with Crippen molar-refractivity contribution in [2.45, 2.75) is 6.54 Å². The van der Waals surface area contributed by atoms with Crippen molar-refractivity contribution < 1.29 is 0 Å². The number of hydrogen-bond acceptors (Lipinski definition) is 3. The van der Waals surface area contributed by atoms with Gasteiger partial charge in [-0.1, -0.05) is 12.1 Å². The minimum atomic E-state index is -0.525. The van der Waals surface area contributed by atoms with Gasteiger partial charge in [0.05, 0.1) is 6.54 Å². The average molecular weight is 231 g/mol. The zero-order valence-corrected chi connectivity index (χ0v) is 9.46. The first-order valence-corrected chi connectivity index (χ1v) is 5.18. The summed E-state index contributed by atoms with van der Waals surface area (Å²) in [5, 5.41) is 0. The fourth-order valence-electron chi connectivity index (χ4n) is 1.53. The Morgan fingerprint density at radius 2 is 1.71 bits per heavy atom. The normalized spacial score (nSPS) is 10.4. The molecule has 0 fully saturated rings. The smallest absolute Gasteiger partial charge is 0.316 e. The quantitative estimate of drug-likeness (QED) is 0.592. The van der Waals surface area contributed by atoms with E-state index >= 15 is 0 Å². The maximum atomic E-state index is 11.7. The molecule has 88 valence electrons. The molecule has 0 radical (unpaired) electrons. The molecule has 1 heterocycles. The average Bonchev–Trinajstić information content (AvgIpc) is 2.33. The van der Waals surface area contributed by atoms with Crippen LogP contribution in [-0.2, 0) is 13.6 Å². The van der Waals surface area contributed by atoms with E-state index in [1.165, 1.54) is 9.13 Å². The van der Waals surface area contributed by atoms with Crippen molar-refractivity contribution in [3.8, 4) is 0 Å². The molecule has 0 saturated carbocycles. The van der Waals surface area contributed by atoms with Crippen LogP contribution in [0.1, 0.15) is 5.56 Å². The molecule has 5 nitrogen and oxygen atoms in total. The number of benzene rings is 1. The van der Waals surface area contributed by atoms with Crippen LogP contribution in [0.2, 0.25) is 0 Å². The lowest BCUT2D eigenvalue weighted by Crippen LogP contribution is -2.39. The number of aromatic nitrogens is 2. The molecular formula is C12H13N3O2. The first-order valence-electron chi connectivity index (χ1n) is 5.18. The van der Waals surface area contributed by atoms with Crippen molar-refractivity contribution in [2.75, 3.05) is 5.73 Å². The van der Waals surface area contributed by atoms with Crippen molar-refractivity contribution >= 4 is 5.69 Å². The second-order valence-corrected chi connectivity index (χ2v) is 3.89. The van der Waals surface area contributed by atoms with Crippen molar-refractivity contribution in [3.63, 3.8) is 0 Å². The van der Waals surface area contributed by atoms with Crippen molar-refractivity contribution in [2.24, 2.45) is 7.05 Å². The molecule has 0 aliphatic heterocycles. The lowest BCUT2D eigenvalue weighted by Gasteiger charge is -2.06. The van der Waals surface area contributed by atoms with Gasteiger partial charge in [0.2, 0.25) is 0 Å². The highest BCUT2D eigenvalue weighted by atomic mass is 16.2. The van der Waals surface area contributed by atoms with Crippen LogP contribution in [0.3, 0.4) is 0 Å². The second-order valence-electron chi connectivity index (χ2n) is 3.89. The lowest BCUT2D eigenvalue weighted by atomic mass is 10.2. The van der Waals surface area contributed by atoms with Gasteiger partial charge in [-0.2, -0.15) is 0 Å². The van der Waals surface area contributed by atoms with Gasteiger partial charge in [-0.05, 0) is 17.7 Å². The van der Waals surface area contributed by atoms with Crippen molar-refractivity contribution in [3.05, 3.63) is 62.9 Å². The monoisotopic (exact) mass is 231 g/mol. The number of nitrogen functional groups attached to an aromatic ring is 1. The maximum Gasteiger partial charge on any atom is 0.316 e. The number of anilines is 1. The van der Waals surface area contributed by atoms with E-state index in [1.54, 1.807) is 31.6 Å². The summed E-state index contributed by atoms with van der Waals surface area (Å²) in [6.07, 6.45) is 3.17. The number of aryl methyl sites for hydroxylation is 1.